The summed E-state index contributed by atoms with van der Waals surface area (Å²) in [5.74, 6) is 1.44. The van der Waals surface area contributed by atoms with Gasteiger partial charge in [-0.3, -0.25) is 4.79 Å². The Bertz CT molecular complexity index is 259. The molecule has 1 atom stereocenters. The van der Waals surface area contributed by atoms with Crippen molar-refractivity contribution in [3.8, 4) is 0 Å². The Balaban J connectivity index is 4.38. The topological polar surface area (TPSA) is 17.1 Å². The van der Waals surface area contributed by atoms with Crippen molar-refractivity contribution in [2.75, 3.05) is 0 Å². The van der Waals surface area contributed by atoms with Gasteiger partial charge >= 0.3 is 0 Å². The zero-order valence-electron chi connectivity index (χ0n) is 11.4. The first-order valence-corrected chi connectivity index (χ1v) is 6.19. The molecule has 0 spiro atoms. The van der Waals surface area contributed by atoms with Crippen molar-refractivity contribution in [1.29, 1.82) is 0 Å². The van der Waals surface area contributed by atoms with Gasteiger partial charge in [-0.05, 0) is 25.2 Å². The van der Waals surface area contributed by atoms with Crippen molar-refractivity contribution in [2.45, 2.75) is 47.5 Å². The fourth-order valence-corrected chi connectivity index (χ4v) is 1.74. The molecule has 92 valence electrons. The molecule has 0 aliphatic rings. The molecule has 0 heterocycles. The smallest absolute Gasteiger partial charge is 0.136 e. The van der Waals surface area contributed by atoms with Gasteiger partial charge in [0.2, 0.25) is 0 Å². The lowest BCUT2D eigenvalue weighted by molar-refractivity contribution is -0.124. The van der Waals surface area contributed by atoms with Crippen LogP contribution in [0.4, 0.5) is 0 Å². The molecule has 0 amide bonds. The van der Waals surface area contributed by atoms with Crippen LogP contribution in [0.15, 0.2) is 24.3 Å². The summed E-state index contributed by atoms with van der Waals surface area (Å²) >= 11 is 0. The van der Waals surface area contributed by atoms with E-state index in [-0.39, 0.29) is 5.92 Å². The van der Waals surface area contributed by atoms with E-state index in [1.54, 1.807) is 0 Å². The summed E-state index contributed by atoms with van der Waals surface area (Å²) in [6.07, 6.45) is 5.61. The fraction of sp³-hybridized carbons (Fsp3) is 0.667. The van der Waals surface area contributed by atoms with Crippen molar-refractivity contribution < 1.29 is 4.79 Å². The lowest BCUT2D eigenvalue weighted by atomic mass is 9.85. The first kappa shape index (κ1) is 15.2. The summed E-state index contributed by atoms with van der Waals surface area (Å²) in [7, 11) is 0. The molecule has 0 saturated heterocycles. The van der Waals surface area contributed by atoms with Gasteiger partial charge in [0, 0.05) is 12.3 Å². The second-order valence-electron chi connectivity index (χ2n) is 5.40. The minimum absolute atomic E-state index is 0.165. The molecule has 1 heteroatoms. The third-order valence-electron chi connectivity index (χ3n) is 2.62. The summed E-state index contributed by atoms with van der Waals surface area (Å²) in [6.45, 7) is 14.2. The largest absolute Gasteiger partial charge is 0.299 e. The van der Waals surface area contributed by atoms with Crippen LogP contribution in [0.5, 0.6) is 0 Å². The Kier molecular flexibility index (Phi) is 7.03. The molecule has 0 saturated carbocycles. The maximum Gasteiger partial charge on any atom is 0.136 e. The molecular formula is C15H26O. The van der Waals surface area contributed by atoms with Crippen LogP contribution in [0.2, 0.25) is 0 Å². The number of Topliss-reactive ketones (excluding diaryl/α,β-unsaturated/α-hetero) is 1. The molecule has 1 nitrogen and oxygen atoms in total. The third kappa shape index (κ3) is 6.60. The molecule has 0 bridgehead atoms. The SMILES string of the molecule is C=C(C)/C=C/CC(C(=O)CC(C)C)C(C)C. The summed E-state index contributed by atoms with van der Waals surface area (Å²) in [4.78, 5) is 12.0. The molecule has 0 N–H and O–H groups in total. The summed E-state index contributed by atoms with van der Waals surface area (Å²) in [5, 5.41) is 0. The van der Waals surface area contributed by atoms with Crippen molar-refractivity contribution in [3.05, 3.63) is 24.3 Å². The number of rotatable bonds is 7. The van der Waals surface area contributed by atoms with E-state index in [1.165, 1.54) is 0 Å². The summed E-state index contributed by atoms with van der Waals surface area (Å²) < 4.78 is 0. The van der Waals surface area contributed by atoms with Crippen LogP contribution < -0.4 is 0 Å². The maximum atomic E-state index is 12.0. The fourth-order valence-electron chi connectivity index (χ4n) is 1.74. The molecule has 0 radical (unpaired) electrons. The van der Waals surface area contributed by atoms with Gasteiger partial charge in [0.15, 0.2) is 0 Å². The third-order valence-corrected chi connectivity index (χ3v) is 2.62. The van der Waals surface area contributed by atoms with E-state index in [0.717, 1.165) is 12.0 Å². The van der Waals surface area contributed by atoms with E-state index in [9.17, 15) is 4.79 Å². The Morgan fingerprint density at radius 3 is 2.19 bits per heavy atom. The Labute approximate surface area is 101 Å². The predicted molar refractivity (Wildman–Crippen MR) is 71.4 cm³/mol. The highest BCUT2D eigenvalue weighted by molar-refractivity contribution is 5.81. The van der Waals surface area contributed by atoms with E-state index in [0.29, 0.717) is 24.0 Å². The Hall–Kier alpha value is -0.850. The molecule has 0 aromatic rings. The van der Waals surface area contributed by atoms with Gasteiger partial charge in [-0.2, -0.15) is 0 Å². The van der Waals surface area contributed by atoms with E-state index < -0.39 is 0 Å². The van der Waals surface area contributed by atoms with Crippen molar-refractivity contribution >= 4 is 5.78 Å². The Morgan fingerprint density at radius 1 is 1.25 bits per heavy atom. The van der Waals surface area contributed by atoms with Gasteiger partial charge in [-0.25, -0.2) is 0 Å². The zero-order chi connectivity index (χ0) is 12.7. The Morgan fingerprint density at radius 2 is 1.81 bits per heavy atom. The second-order valence-corrected chi connectivity index (χ2v) is 5.40. The van der Waals surface area contributed by atoms with E-state index in [2.05, 4.69) is 40.3 Å². The lowest BCUT2D eigenvalue weighted by Crippen LogP contribution is -2.21. The molecule has 0 rings (SSSR count). The van der Waals surface area contributed by atoms with Crippen LogP contribution in [-0.2, 0) is 4.79 Å². The number of hydrogen-bond donors (Lipinski definition) is 0. The van der Waals surface area contributed by atoms with Gasteiger partial charge in [0.25, 0.3) is 0 Å². The second kappa shape index (κ2) is 7.43. The molecule has 0 aliphatic carbocycles. The number of carbonyl (C=O) groups excluding carboxylic acids is 1. The minimum atomic E-state index is 0.165. The van der Waals surface area contributed by atoms with Crippen LogP contribution in [0.3, 0.4) is 0 Å². The number of ketones is 1. The minimum Gasteiger partial charge on any atom is -0.299 e. The van der Waals surface area contributed by atoms with Gasteiger partial charge in [0.05, 0.1) is 0 Å². The van der Waals surface area contributed by atoms with Crippen molar-refractivity contribution in [1.82, 2.24) is 0 Å². The number of allylic oxidation sites excluding steroid dienone is 3. The average molecular weight is 222 g/mol. The molecule has 0 aromatic carbocycles. The molecule has 16 heavy (non-hydrogen) atoms. The van der Waals surface area contributed by atoms with Gasteiger partial charge in [-0.15, -0.1) is 0 Å². The normalized spacial score (nSPS) is 13.7. The van der Waals surface area contributed by atoms with Crippen LogP contribution in [0, 0.1) is 17.8 Å². The van der Waals surface area contributed by atoms with E-state index >= 15 is 0 Å². The molecule has 0 aromatic heterocycles. The highest BCUT2D eigenvalue weighted by atomic mass is 16.1. The maximum absolute atomic E-state index is 12.0. The highest BCUT2D eigenvalue weighted by Crippen LogP contribution is 2.21. The lowest BCUT2D eigenvalue weighted by Gasteiger charge is -2.19. The van der Waals surface area contributed by atoms with Crippen LogP contribution in [0.25, 0.3) is 0 Å². The van der Waals surface area contributed by atoms with Crippen molar-refractivity contribution in [3.63, 3.8) is 0 Å². The quantitative estimate of drug-likeness (QED) is 0.584. The van der Waals surface area contributed by atoms with E-state index in [1.807, 2.05) is 13.0 Å². The molecule has 1 unspecified atom stereocenters. The molecule has 0 fully saturated rings. The molecular weight excluding hydrogens is 196 g/mol. The summed E-state index contributed by atoms with van der Waals surface area (Å²) in [6, 6.07) is 0. The van der Waals surface area contributed by atoms with Crippen LogP contribution >= 0.6 is 0 Å². The molecule has 0 aliphatic heterocycles. The van der Waals surface area contributed by atoms with Gasteiger partial charge < -0.3 is 0 Å². The highest BCUT2D eigenvalue weighted by Gasteiger charge is 2.21. The predicted octanol–water partition coefficient (Wildman–Crippen LogP) is 4.40. The first-order chi connectivity index (χ1) is 7.34. The summed E-state index contributed by atoms with van der Waals surface area (Å²) in [5.41, 5.74) is 1.04. The van der Waals surface area contributed by atoms with Crippen LogP contribution in [0.1, 0.15) is 47.5 Å². The monoisotopic (exact) mass is 222 g/mol. The van der Waals surface area contributed by atoms with Gasteiger partial charge in [0.1, 0.15) is 5.78 Å². The number of carbonyl (C=O) groups is 1. The standard InChI is InChI=1S/C15H26O/c1-11(2)8-7-9-14(13(5)6)15(16)10-12(3)4/h7-8,12-14H,1,9-10H2,2-6H3/b8-7+. The van der Waals surface area contributed by atoms with Crippen LogP contribution in [-0.4, -0.2) is 5.78 Å². The average Bonchev–Trinajstić information content (AvgIpc) is 2.09. The van der Waals surface area contributed by atoms with Crippen molar-refractivity contribution in [2.24, 2.45) is 17.8 Å². The number of hydrogen-bond acceptors (Lipinski definition) is 1. The first-order valence-electron chi connectivity index (χ1n) is 6.19. The zero-order valence-corrected chi connectivity index (χ0v) is 11.4. The van der Waals surface area contributed by atoms with E-state index in [4.69, 9.17) is 0 Å². The van der Waals surface area contributed by atoms with Gasteiger partial charge in [-0.1, -0.05) is 52.0 Å².